The van der Waals surface area contributed by atoms with E-state index in [0.29, 0.717) is 36.8 Å². The summed E-state index contributed by atoms with van der Waals surface area (Å²) < 4.78 is 0. The summed E-state index contributed by atoms with van der Waals surface area (Å²) in [6.07, 6.45) is 20.6. The van der Waals surface area contributed by atoms with Gasteiger partial charge < -0.3 is 20.4 Å². The molecule has 0 amide bonds. The predicted molar refractivity (Wildman–Crippen MR) is 156 cm³/mol. The highest BCUT2D eigenvalue weighted by Crippen LogP contribution is 2.74. The molecule has 0 aromatic rings. The van der Waals surface area contributed by atoms with E-state index in [0.717, 1.165) is 30.3 Å². The number of rotatable bonds is 10. The summed E-state index contributed by atoms with van der Waals surface area (Å²) in [4.78, 5) is 12.1. The van der Waals surface area contributed by atoms with Crippen LogP contribution in [-0.2, 0) is 4.79 Å². The normalized spacial score (nSPS) is 40.0. The van der Waals surface area contributed by atoms with Crippen LogP contribution in [0, 0.1) is 28.6 Å². The summed E-state index contributed by atoms with van der Waals surface area (Å²) in [7, 11) is 0. The van der Waals surface area contributed by atoms with Crippen LogP contribution in [0.5, 0.6) is 0 Å². The molecule has 5 nitrogen and oxygen atoms in total. The zero-order valence-corrected chi connectivity index (χ0v) is 24.0. The molecule has 7 unspecified atom stereocenters. The maximum Gasteiger partial charge on any atom is 0.145 e. The topological polar surface area (TPSA) is 98.0 Å². The fourth-order valence-electron chi connectivity index (χ4n) is 8.48. The van der Waals surface area contributed by atoms with Crippen LogP contribution in [-0.4, -0.2) is 51.1 Å². The highest BCUT2D eigenvalue weighted by atomic mass is 16.3. The molecule has 4 aliphatic rings. The number of allylic oxidation sites excluding steroid dienone is 11. The monoisotopic (exact) mass is 534 g/mol. The second-order valence-corrected chi connectivity index (χ2v) is 12.7. The Kier molecular flexibility index (Phi) is 8.31. The lowest BCUT2D eigenvalue weighted by atomic mass is 9.38. The standard InChI is InChI=1S/C34H46O5/c1-23(2)8-6-9-24(3)10-7-11-27(22-37)28-13-15-33-30-29(25(4)21-36)26(20-31(33,5)38)12-14-32(30,18-19-35)16-17-34(28,33)39/h7-8,10-12,14,16-17,21,26,28,30,35,37-39H,3,6,9,13,15,18-20,22H2,1-2,4-5H3. The predicted octanol–water partition coefficient (Wildman–Crippen LogP) is 5.30. The first-order valence-electron chi connectivity index (χ1n) is 14.3. The van der Waals surface area contributed by atoms with Crippen LogP contribution in [0.4, 0.5) is 0 Å². The largest absolute Gasteiger partial charge is 0.396 e. The van der Waals surface area contributed by atoms with Gasteiger partial charge in [0.05, 0.1) is 17.8 Å². The molecule has 2 bridgehead atoms. The molecule has 212 valence electrons. The smallest absolute Gasteiger partial charge is 0.145 e. The molecule has 0 aromatic carbocycles. The maximum atomic E-state index is 12.7. The van der Waals surface area contributed by atoms with Crippen molar-refractivity contribution < 1.29 is 25.2 Å². The summed E-state index contributed by atoms with van der Waals surface area (Å²) >= 11 is 0. The summed E-state index contributed by atoms with van der Waals surface area (Å²) in [5, 5.41) is 45.5. The lowest BCUT2D eigenvalue weighted by molar-refractivity contribution is -0.224. The molecule has 4 rings (SSSR count). The average Bonchev–Trinajstić information content (AvgIpc) is 3.20. The molecule has 2 fully saturated rings. The SMILES string of the molecule is C=C(C=CC=C(CO)C1CCC23C4C(=C(C)C=O)C(C=CC4(CCO)C=CC12O)CC3(C)O)CCC=C(C)C. The number of carbonyl (C=O) groups is 1. The minimum atomic E-state index is -1.44. The summed E-state index contributed by atoms with van der Waals surface area (Å²) in [5.74, 6) is -0.844. The van der Waals surface area contributed by atoms with Crippen molar-refractivity contribution in [3.63, 3.8) is 0 Å². The van der Waals surface area contributed by atoms with Crippen molar-refractivity contribution in [1.29, 1.82) is 0 Å². The van der Waals surface area contributed by atoms with Gasteiger partial charge in [-0.15, -0.1) is 0 Å². The van der Waals surface area contributed by atoms with Crippen molar-refractivity contribution in [1.82, 2.24) is 0 Å². The molecule has 0 radical (unpaired) electrons. The Balaban J connectivity index is 1.79. The minimum absolute atomic E-state index is 0.0482. The van der Waals surface area contributed by atoms with Gasteiger partial charge in [0.25, 0.3) is 0 Å². The van der Waals surface area contributed by atoms with Crippen LogP contribution < -0.4 is 0 Å². The van der Waals surface area contributed by atoms with Gasteiger partial charge >= 0.3 is 0 Å². The molecule has 0 aliphatic heterocycles. The third-order valence-electron chi connectivity index (χ3n) is 10.1. The highest BCUT2D eigenvalue weighted by molar-refractivity contribution is 5.75. The van der Waals surface area contributed by atoms with E-state index in [1.54, 1.807) is 0 Å². The van der Waals surface area contributed by atoms with Crippen LogP contribution in [0.1, 0.15) is 66.2 Å². The first-order chi connectivity index (χ1) is 18.4. The molecule has 0 heterocycles. The zero-order chi connectivity index (χ0) is 28.6. The third kappa shape index (κ3) is 4.61. The van der Waals surface area contributed by atoms with E-state index in [9.17, 15) is 25.2 Å². The number of aliphatic hydroxyl groups is 4. The van der Waals surface area contributed by atoms with Crippen molar-refractivity contribution in [3.05, 3.63) is 83.1 Å². The number of aliphatic hydroxyl groups excluding tert-OH is 2. The van der Waals surface area contributed by atoms with E-state index in [2.05, 4.69) is 38.7 Å². The number of carbonyl (C=O) groups excluding carboxylic acids is 1. The van der Waals surface area contributed by atoms with Gasteiger partial charge in [-0.25, -0.2) is 0 Å². The molecule has 7 atom stereocenters. The molecule has 0 saturated heterocycles. The second-order valence-electron chi connectivity index (χ2n) is 12.7. The Morgan fingerprint density at radius 2 is 1.90 bits per heavy atom. The number of aldehydes is 1. The molecule has 1 spiro atoms. The number of hydrogen-bond donors (Lipinski definition) is 4. The van der Waals surface area contributed by atoms with Crippen LogP contribution in [0.2, 0.25) is 0 Å². The first kappa shape index (κ1) is 29.7. The van der Waals surface area contributed by atoms with Crippen LogP contribution in [0.3, 0.4) is 0 Å². The molecular formula is C34H46O5. The van der Waals surface area contributed by atoms with Gasteiger partial charge in [-0.1, -0.05) is 71.9 Å². The van der Waals surface area contributed by atoms with Gasteiger partial charge in [0, 0.05) is 35.2 Å². The summed E-state index contributed by atoms with van der Waals surface area (Å²) in [6, 6.07) is 0. The van der Waals surface area contributed by atoms with Crippen LogP contribution in [0.15, 0.2) is 83.1 Å². The Labute approximate surface area is 233 Å². The summed E-state index contributed by atoms with van der Waals surface area (Å²) in [5.41, 5.74) is 0.327. The number of hydrogen-bond acceptors (Lipinski definition) is 5. The Bertz CT molecular complexity index is 1180. The summed E-state index contributed by atoms with van der Waals surface area (Å²) in [6.45, 7) is 11.7. The van der Waals surface area contributed by atoms with Crippen molar-refractivity contribution in [2.45, 2.75) is 77.4 Å². The zero-order valence-electron chi connectivity index (χ0n) is 24.0. The lowest BCUT2D eigenvalue weighted by Crippen LogP contribution is -2.71. The van der Waals surface area contributed by atoms with Crippen molar-refractivity contribution in [2.75, 3.05) is 13.2 Å². The van der Waals surface area contributed by atoms with E-state index in [4.69, 9.17) is 0 Å². The quantitative estimate of drug-likeness (QED) is 0.132. The van der Waals surface area contributed by atoms with Crippen molar-refractivity contribution in [3.8, 4) is 0 Å². The second kappa shape index (κ2) is 10.9. The van der Waals surface area contributed by atoms with E-state index in [1.165, 1.54) is 5.57 Å². The maximum absolute atomic E-state index is 12.7. The van der Waals surface area contributed by atoms with E-state index < -0.39 is 27.9 Å². The Hall–Kier alpha value is -2.31. The van der Waals surface area contributed by atoms with E-state index >= 15 is 0 Å². The van der Waals surface area contributed by atoms with Crippen molar-refractivity contribution in [2.24, 2.45) is 28.6 Å². The van der Waals surface area contributed by atoms with Gasteiger partial charge in [-0.3, -0.25) is 4.79 Å². The van der Waals surface area contributed by atoms with Gasteiger partial charge in [0.15, 0.2) is 0 Å². The third-order valence-corrected chi connectivity index (χ3v) is 10.1. The van der Waals surface area contributed by atoms with Crippen molar-refractivity contribution >= 4 is 6.29 Å². The van der Waals surface area contributed by atoms with Gasteiger partial charge in [-0.2, -0.15) is 0 Å². The fourth-order valence-corrected chi connectivity index (χ4v) is 8.48. The first-order valence-corrected chi connectivity index (χ1v) is 14.3. The molecular weight excluding hydrogens is 488 g/mol. The Morgan fingerprint density at radius 1 is 1.15 bits per heavy atom. The molecule has 39 heavy (non-hydrogen) atoms. The van der Waals surface area contributed by atoms with E-state index in [-0.39, 0.29) is 25.0 Å². The average molecular weight is 535 g/mol. The molecule has 2 saturated carbocycles. The van der Waals surface area contributed by atoms with Gasteiger partial charge in [-0.05, 0) is 77.4 Å². The van der Waals surface area contributed by atoms with Gasteiger partial charge in [0.1, 0.15) is 6.29 Å². The Morgan fingerprint density at radius 3 is 2.54 bits per heavy atom. The van der Waals surface area contributed by atoms with Crippen LogP contribution in [0.25, 0.3) is 0 Å². The highest BCUT2D eigenvalue weighted by Gasteiger charge is 2.76. The fraction of sp³-hybridized carbons (Fsp3) is 0.559. The van der Waals surface area contributed by atoms with Gasteiger partial charge in [0.2, 0.25) is 0 Å². The molecule has 4 aliphatic carbocycles. The molecule has 0 aromatic heterocycles. The lowest BCUT2D eigenvalue weighted by Gasteiger charge is -2.68. The number of fused-ring (bicyclic) bond motifs is 1. The molecule has 5 heteroatoms. The minimum Gasteiger partial charge on any atom is -0.396 e. The molecule has 4 N–H and O–H groups in total. The van der Waals surface area contributed by atoms with E-state index in [1.807, 2.05) is 44.2 Å². The van der Waals surface area contributed by atoms with Crippen LogP contribution >= 0.6 is 0 Å².